The van der Waals surface area contributed by atoms with Crippen molar-refractivity contribution in [3.63, 3.8) is 0 Å². The minimum atomic E-state index is -0.126. The molecule has 0 atom stereocenters. The zero-order valence-corrected chi connectivity index (χ0v) is 12.5. The molecule has 0 saturated carbocycles. The number of benzene rings is 1. The summed E-state index contributed by atoms with van der Waals surface area (Å²) in [5.74, 6) is 3.67. The van der Waals surface area contributed by atoms with Gasteiger partial charge in [-0.15, -0.1) is 6.42 Å². The highest BCUT2D eigenvalue weighted by atomic mass is 32.2. The van der Waals surface area contributed by atoms with E-state index < -0.39 is 0 Å². The van der Waals surface area contributed by atoms with Gasteiger partial charge >= 0.3 is 0 Å². The van der Waals surface area contributed by atoms with Crippen molar-refractivity contribution in [1.82, 2.24) is 15.3 Å². The molecule has 1 aromatic heterocycles. The lowest BCUT2D eigenvalue weighted by Gasteiger charge is -2.07. The van der Waals surface area contributed by atoms with Crippen LogP contribution in [0.25, 0.3) is 10.9 Å². The Morgan fingerprint density at radius 2 is 2.40 bits per heavy atom. The highest BCUT2D eigenvalue weighted by molar-refractivity contribution is 8.23. The third kappa shape index (κ3) is 3.59. The first-order chi connectivity index (χ1) is 9.60. The molecule has 0 aliphatic carbocycles. The third-order valence-corrected chi connectivity index (χ3v) is 3.83. The second-order valence-electron chi connectivity index (χ2n) is 4.14. The summed E-state index contributed by atoms with van der Waals surface area (Å²) in [4.78, 5) is 18.8. The number of thioether (sulfide) groups is 1. The van der Waals surface area contributed by atoms with Crippen LogP contribution >= 0.6 is 24.0 Å². The van der Waals surface area contributed by atoms with Gasteiger partial charge in [0.05, 0.1) is 16.7 Å². The van der Waals surface area contributed by atoms with Gasteiger partial charge in [0.2, 0.25) is 0 Å². The summed E-state index contributed by atoms with van der Waals surface area (Å²) >= 11 is 6.54. The second kappa shape index (κ2) is 6.55. The fourth-order valence-corrected chi connectivity index (χ4v) is 2.38. The zero-order valence-electron chi connectivity index (χ0n) is 10.9. The standard InChI is InChI=1S/C14H13N3OS2/c1-3-6-20-14(19)15-8-10-4-5-12-11(7-10)13(18)17-9(2)16-12/h1,4-5,7H,6,8H2,2H3,(H,15,19)(H,16,17,18). The third-order valence-electron chi connectivity index (χ3n) is 2.61. The van der Waals surface area contributed by atoms with E-state index in [2.05, 4.69) is 21.2 Å². The Bertz CT molecular complexity index is 746. The molecule has 0 radical (unpaired) electrons. The van der Waals surface area contributed by atoms with Crippen molar-refractivity contribution in [1.29, 1.82) is 0 Å². The fraction of sp³-hybridized carbons (Fsp3) is 0.214. The SMILES string of the molecule is C#CCSC(=S)NCc1ccc2nc(C)[nH]c(=O)c2c1. The van der Waals surface area contributed by atoms with Crippen molar-refractivity contribution >= 4 is 39.2 Å². The molecule has 0 fully saturated rings. The Kier molecular flexibility index (Phi) is 4.77. The molecule has 1 aromatic carbocycles. The van der Waals surface area contributed by atoms with Gasteiger partial charge in [-0.3, -0.25) is 4.79 Å². The molecular weight excluding hydrogens is 290 g/mol. The van der Waals surface area contributed by atoms with Crippen LogP contribution in [-0.4, -0.2) is 20.0 Å². The predicted molar refractivity (Wildman–Crippen MR) is 87.8 cm³/mol. The molecule has 0 saturated heterocycles. The summed E-state index contributed by atoms with van der Waals surface area (Å²) in [6.45, 7) is 2.32. The van der Waals surface area contributed by atoms with Crippen LogP contribution in [0.1, 0.15) is 11.4 Å². The van der Waals surface area contributed by atoms with Gasteiger partial charge in [-0.25, -0.2) is 4.98 Å². The van der Waals surface area contributed by atoms with Gasteiger partial charge in [-0.1, -0.05) is 36.0 Å². The lowest BCUT2D eigenvalue weighted by Crippen LogP contribution is -2.18. The lowest BCUT2D eigenvalue weighted by atomic mass is 10.1. The number of aromatic nitrogens is 2. The minimum Gasteiger partial charge on any atom is -0.367 e. The maximum absolute atomic E-state index is 11.9. The molecule has 2 rings (SSSR count). The normalized spacial score (nSPS) is 10.2. The Morgan fingerprint density at radius 1 is 1.60 bits per heavy atom. The van der Waals surface area contributed by atoms with Crippen molar-refractivity contribution < 1.29 is 0 Å². The van der Waals surface area contributed by atoms with Crippen molar-refractivity contribution in [2.75, 3.05) is 5.75 Å². The van der Waals surface area contributed by atoms with Gasteiger partial charge in [-0.05, 0) is 24.6 Å². The van der Waals surface area contributed by atoms with E-state index in [-0.39, 0.29) is 5.56 Å². The molecule has 4 nitrogen and oxygen atoms in total. The first kappa shape index (κ1) is 14.6. The summed E-state index contributed by atoms with van der Waals surface area (Å²) in [6, 6.07) is 5.59. The highest BCUT2D eigenvalue weighted by Crippen LogP contribution is 2.11. The predicted octanol–water partition coefficient (Wildman–Crippen LogP) is 1.97. The maximum Gasteiger partial charge on any atom is 0.258 e. The van der Waals surface area contributed by atoms with Crippen LogP contribution < -0.4 is 10.9 Å². The van der Waals surface area contributed by atoms with Gasteiger partial charge in [0.25, 0.3) is 5.56 Å². The summed E-state index contributed by atoms with van der Waals surface area (Å²) < 4.78 is 0.652. The van der Waals surface area contributed by atoms with E-state index in [0.717, 1.165) is 5.56 Å². The number of rotatable bonds is 3. The van der Waals surface area contributed by atoms with Crippen molar-refractivity contribution in [2.45, 2.75) is 13.5 Å². The van der Waals surface area contributed by atoms with Gasteiger partial charge in [-0.2, -0.15) is 0 Å². The van der Waals surface area contributed by atoms with Crippen LogP contribution in [0.15, 0.2) is 23.0 Å². The van der Waals surface area contributed by atoms with E-state index in [0.29, 0.717) is 33.3 Å². The molecule has 0 spiro atoms. The van der Waals surface area contributed by atoms with E-state index in [4.69, 9.17) is 18.6 Å². The lowest BCUT2D eigenvalue weighted by molar-refractivity contribution is 0.940. The average Bonchev–Trinajstić information content (AvgIpc) is 2.43. The number of hydrogen-bond acceptors (Lipinski definition) is 4. The molecule has 1 heterocycles. The van der Waals surface area contributed by atoms with Crippen LogP contribution in [0, 0.1) is 19.3 Å². The number of terminal acetylenes is 1. The average molecular weight is 303 g/mol. The van der Waals surface area contributed by atoms with Crippen LogP contribution in [0.5, 0.6) is 0 Å². The second-order valence-corrected chi connectivity index (χ2v) is 5.79. The number of thiocarbonyl (C=S) groups is 1. The van der Waals surface area contributed by atoms with Crippen LogP contribution in [0.4, 0.5) is 0 Å². The Morgan fingerprint density at radius 3 is 3.15 bits per heavy atom. The van der Waals surface area contributed by atoms with Crippen LogP contribution in [-0.2, 0) is 6.54 Å². The number of aromatic amines is 1. The first-order valence-corrected chi connectivity index (χ1v) is 7.33. The van der Waals surface area contributed by atoms with Gasteiger partial charge in [0.1, 0.15) is 10.1 Å². The van der Waals surface area contributed by atoms with Crippen molar-refractivity contribution in [3.05, 3.63) is 39.9 Å². The van der Waals surface area contributed by atoms with E-state index in [1.807, 2.05) is 18.2 Å². The fourth-order valence-electron chi connectivity index (χ4n) is 1.75. The minimum absolute atomic E-state index is 0.126. The molecule has 2 aromatic rings. The van der Waals surface area contributed by atoms with Gasteiger partial charge in [0.15, 0.2) is 0 Å². The molecule has 20 heavy (non-hydrogen) atoms. The summed E-state index contributed by atoms with van der Waals surface area (Å²) in [6.07, 6.45) is 5.17. The van der Waals surface area contributed by atoms with E-state index in [9.17, 15) is 4.79 Å². The highest BCUT2D eigenvalue weighted by Gasteiger charge is 2.03. The number of fused-ring (bicyclic) bond motifs is 1. The molecule has 102 valence electrons. The van der Waals surface area contributed by atoms with Gasteiger partial charge in [0, 0.05) is 6.54 Å². The number of aryl methyl sites for hydroxylation is 1. The topological polar surface area (TPSA) is 57.8 Å². The molecule has 0 aliphatic heterocycles. The smallest absolute Gasteiger partial charge is 0.258 e. The Labute approximate surface area is 126 Å². The van der Waals surface area contributed by atoms with E-state index >= 15 is 0 Å². The number of H-pyrrole nitrogens is 1. The largest absolute Gasteiger partial charge is 0.367 e. The molecule has 6 heteroatoms. The number of nitrogens with one attached hydrogen (secondary N) is 2. The van der Waals surface area contributed by atoms with Crippen LogP contribution in [0.2, 0.25) is 0 Å². The molecule has 0 amide bonds. The van der Waals surface area contributed by atoms with E-state index in [1.165, 1.54) is 11.8 Å². The zero-order chi connectivity index (χ0) is 14.5. The summed E-state index contributed by atoms with van der Waals surface area (Å²) in [7, 11) is 0. The monoisotopic (exact) mass is 303 g/mol. The number of nitrogens with zero attached hydrogens (tertiary/aromatic N) is 1. The molecule has 2 N–H and O–H groups in total. The van der Waals surface area contributed by atoms with Crippen LogP contribution in [0.3, 0.4) is 0 Å². The number of hydrogen-bond donors (Lipinski definition) is 2. The molecule has 0 aliphatic rings. The van der Waals surface area contributed by atoms with Crippen molar-refractivity contribution in [2.24, 2.45) is 0 Å². The quantitative estimate of drug-likeness (QED) is 0.671. The van der Waals surface area contributed by atoms with Crippen molar-refractivity contribution in [3.8, 4) is 12.3 Å². The Balaban J connectivity index is 2.15. The maximum atomic E-state index is 11.9. The first-order valence-electron chi connectivity index (χ1n) is 5.94. The van der Waals surface area contributed by atoms with Gasteiger partial charge < -0.3 is 10.3 Å². The summed E-state index contributed by atoms with van der Waals surface area (Å²) in [5.41, 5.74) is 1.54. The van der Waals surface area contributed by atoms with E-state index in [1.54, 1.807) is 6.92 Å². The molecular formula is C14H13N3OS2. The molecule has 0 bridgehead atoms. The Hall–Kier alpha value is -1.84. The molecule has 0 unspecified atom stereocenters. The summed E-state index contributed by atoms with van der Waals surface area (Å²) in [5, 5.41) is 3.68.